The van der Waals surface area contributed by atoms with Crippen LogP contribution in [0.1, 0.15) is 5.76 Å². The number of morpholine rings is 1. The highest BCUT2D eigenvalue weighted by molar-refractivity contribution is 5.57. The molecule has 0 saturated carbocycles. The Hall–Kier alpha value is -1.72. The Bertz CT molecular complexity index is 492. The molecular formula is C13H15N3O2. The minimum Gasteiger partial charge on any atom is -0.379 e. The van der Waals surface area contributed by atoms with Gasteiger partial charge in [0, 0.05) is 37.1 Å². The Labute approximate surface area is 105 Å². The van der Waals surface area contributed by atoms with E-state index >= 15 is 0 Å². The van der Waals surface area contributed by atoms with Gasteiger partial charge >= 0.3 is 0 Å². The summed E-state index contributed by atoms with van der Waals surface area (Å²) in [6, 6.07) is 5.84. The molecule has 5 nitrogen and oxygen atoms in total. The first-order valence-corrected chi connectivity index (χ1v) is 6.08. The molecule has 3 heterocycles. The second-order valence-electron chi connectivity index (χ2n) is 4.30. The lowest BCUT2D eigenvalue weighted by Crippen LogP contribution is -2.35. The molecule has 1 fully saturated rings. The minimum atomic E-state index is 0.793. The molecule has 5 heteroatoms. The van der Waals surface area contributed by atoms with Crippen LogP contribution in [0.5, 0.6) is 0 Å². The van der Waals surface area contributed by atoms with Crippen LogP contribution >= 0.6 is 0 Å². The molecule has 94 valence electrons. The average molecular weight is 245 g/mol. The number of hydrogen-bond acceptors (Lipinski definition) is 5. The molecule has 0 radical (unpaired) electrons. The van der Waals surface area contributed by atoms with E-state index in [1.54, 1.807) is 12.4 Å². The summed E-state index contributed by atoms with van der Waals surface area (Å²) in [4.78, 5) is 6.30. The fraction of sp³-hybridized carbons (Fsp3) is 0.385. The van der Waals surface area contributed by atoms with Gasteiger partial charge in [-0.2, -0.15) is 0 Å². The predicted octanol–water partition coefficient (Wildman–Crippen LogP) is 1.57. The zero-order valence-corrected chi connectivity index (χ0v) is 10.1. The highest BCUT2D eigenvalue weighted by Crippen LogP contribution is 2.19. The molecule has 1 aliphatic rings. The summed E-state index contributed by atoms with van der Waals surface area (Å²) in [6.07, 6.45) is 3.51. The lowest BCUT2D eigenvalue weighted by atomic mass is 10.2. The first-order valence-electron chi connectivity index (χ1n) is 6.08. The number of aromatic nitrogens is 2. The molecule has 2 aromatic rings. The predicted molar refractivity (Wildman–Crippen MR) is 65.8 cm³/mol. The largest absolute Gasteiger partial charge is 0.379 e. The van der Waals surface area contributed by atoms with Crippen molar-refractivity contribution in [1.29, 1.82) is 0 Å². The Morgan fingerprint density at radius 1 is 1.17 bits per heavy atom. The summed E-state index contributed by atoms with van der Waals surface area (Å²) in [5, 5.41) is 4.09. The van der Waals surface area contributed by atoms with Crippen molar-refractivity contribution in [3.8, 4) is 11.3 Å². The molecule has 3 rings (SSSR count). The lowest BCUT2D eigenvalue weighted by Gasteiger charge is -2.25. The Morgan fingerprint density at radius 2 is 1.94 bits per heavy atom. The van der Waals surface area contributed by atoms with E-state index in [1.165, 1.54) is 0 Å². The van der Waals surface area contributed by atoms with Crippen molar-refractivity contribution in [3.63, 3.8) is 0 Å². The Kier molecular flexibility index (Phi) is 3.34. The fourth-order valence-electron chi connectivity index (χ4n) is 2.03. The maximum Gasteiger partial charge on any atom is 0.151 e. The van der Waals surface area contributed by atoms with Gasteiger partial charge in [0.1, 0.15) is 5.69 Å². The summed E-state index contributed by atoms with van der Waals surface area (Å²) in [5.41, 5.74) is 1.89. The van der Waals surface area contributed by atoms with E-state index in [-0.39, 0.29) is 0 Å². The molecule has 0 unspecified atom stereocenters. The number of hydrogen-bond donors (Lipinski definition) is 0. The molecule has 0 amide bonds. The summed E-state index contributed by atoms with van der Waals surface area (Å²) in [7, 11) is 0. The van der Waals surface area contributed by atoms with E-state index in [0.29, 0.717) is 0 Å². The van der Waals surface area contributed by atoms with E-state index in [9.17, 15) is 0 Å². The van der Waals surface area contributed by atoms with Crippen LogP contribution < -0.4 is 0 Å². The smallest absolute Gasteiger partial charge is 0.151 e. The SMILES string of the molecule is c1cc(-c2cc(CN3CCOCC3)on2)ccn1. The van der Waals surface area contributed by atoms with E-state index < -0.39 is 0 Å². The Balaban J connectivity index is 1.69. The molecule has 0 N–H and O–H groups in total. The topological polar surface area (TPSA) is 51.4 Å². The number of rotatable bonds is 3. The van der Waals surface area contributed by atoms with Crippen LogP contribution in [0, 0.1) is 0 Å². The summed E-state index contributed by atoms with van der Waals surface area (Å²) >= 11 is 0. The van der Waals surface area contributed by atoms with Crippen LogP contribution in [0.15, 0.2) is 35.1 Å². The molecule has 1 aliphatic heterocycles. The highest BCUT2D eigenvalue weighted by Gasteiger charge is 2.14. The van der Waals surface area contributed by atoms with Gasteiger partial charge in [0.2, 0.25) is 0 Å². The Morgan fingerprint density at radius 3 is 2.72 bits per heavy atom. The standard InChI is InChI=1S/C13H15N3O2/c1-3-14-4-2-11(1)13-9-12(18-15-13)10-16-5-7-17-8-6-16/h1-4,9H,5-8,10H2. The van der Waals surface area contributed by atoms with Crippen molar-refractivity contribution < 1.29 is 9.26 Å². The molecule has 0 aliphatic carbocycles. The van der Waals surface area contributed by atoms with E-state index in [1.807, 2.05) is 18.2 Å². The zero-order valence-electron chi connectivity index (χ0n) is 10.1. The maximum absolute atomic E-state index is 5.37. The third-order valence-corrected chi connectivity index (χ3v) is 3.02. The van der Waals surface area contributed by atoms with Crippen LogP contribution in [-0.4, -0.2) is 41.3 Å². The average Bonchev–Trinajstić information content (AvgIpc) is 2.89. The monoisotopic (exact) mass is 245 g/mol. The van der Waals surface area contributed by atoms with Crippen molar-refractivity contribution >= 4 is 0 Å². The number of pyridine rings is 1. The van der Waals surface area contributed by atoms with Crippen LogP contribution in [0.2, 0.25) is 0 Å². The van der Waals surface area contributed by atoms with Gasteiger partial charge in [0.15, 0.2) is 5.76 Å². The maximum atomic E-state index is 5.37. The second kappa shape index (κ2) is 5.29. The van der Waals surface area contributed by atoms with E-state index in [4.69, 9.17) is 9.26 Å². The number of ether oxygens (including phenoxy) is 1. The minimum absolute atomic E-state index is 0.793. The van der Waals surface area contributed by atoms with Crippen molar-refractivity contribution in [2.75, 3.05) is 26.3 Å². The van der Waals surface area contributed by atoms with Gasteiger partial charge in [0.25, 0.3) is 0 Å². The zero-order chi connectivity index (χ0) is 12.2. The summed E-state index contributed by atoms with van der Waals surface area (Å²) in [6.45, 7) is 4.29. The highest BCUT2D eigenvalue weighted by atomic mass is 16.5. The van der Waals surface area contributed by atoms with Gasteiger partial charge in [0.05, 0.1) is 19.8 Å². The van der Waals surface area contributed by atoms with Crippen LogP contribution in [0.3, 0.4) is 0 Å². The van der Waals surface area contributed by atoms with Gasteiger partial charge in [-0.1, -0.05) is 5.16 Å². The van der Waals surface area contributed by atoms with E-state index in [2.05, 4.69) is 15.0 Å². The summed E-state index contributed by atoms with van der Waals surface area (Å²) < 4.78 is 10.7. The van der Waals surface area contributed by atoms with Gasteiger partial charge < -0.3 is 9.26 Å². The van der Waals surface area contributed by atoms with Crippen LogP contribution in [0.25, 0.3) is 11.3 Å². The first-order chi connectivity index (χ1) is 8.92. The van der Waals surface area contributed by atoms with Crippen LogP contribution in [0.4, 0.5) is 0 Å². The lowest BCUT2D eigenvalue weighted by molar-refractivity contribution is 0.0305. The molecule has 0 aromatic carbocycles. The fourth-order valence-corrected chi connectivity index (χ4v) is 2.03. The van der Waals surface area contributed by atoms with Crippen molar-refractivity contribution in [2.45, 2.75) is 6.54 Å². The first kappa shape index (κ1) is 11.4. The molecule has 2 aromatic heterocycles. The molecule has 18 heavy (non-hydrogen) atoms. The quantitative estimate of drug-likeness (QED) is 0.821. The number of nitrogens with zero attached hydrogens (tertiary/aromatic N) is 3. The van der Waals surface area contributed by atoms with E-state index in [0.717, 1.165) is 49.9 Å². The van der Waals surface area contributed by atoms with Gasteiger partial charge in [-0.25, -0.2) is 0 Å². The normalized spacial score (nSPS) is 16.9. The second-order valence-corrected chi connectivity index (χ2v) is 4.30. The molecular weight excluding hydrogens is 230 g/mol. The van der Waals surface area contributed by atoms with Crippen molar-refractivity contribution in [3.05, 3.63) is 36.4 Å². The van der Waals surface area contributed by atoms with Gasteiger partial charge in [-0.05, 0) is 12.1 Å². The third kappa shape index (κ3) is 2.57. The molecule has 0 spiro atoms. The van der Waals surface area contributed by atoms with Gasteiger partial charge in [-0.15, -0.1) is 0 Å². The van der Waals surface area contributed by atoms with Gasteiger partial charge in [-0.3, -0.25) is 9.88 Å². The van der Waals surface area contributed by atoms with Crippen molar-refractivity contribution in [1.82, 2.24) is 15.0 Å². The third-order valence-electron chi connectivity index (χ3n) is 3.02. The van der Waals surface area contributed by atoms with Crippen molar-refractivity contribution in [2.24, 2.45) is 0 Å². The molecule has 0 bridgehead atoms. The summed E-state index contributed by atoms with van der Waals surface area (Å²) in [5.74, 6) is 0.892. The molecule has 0 atom stereocenters. The van der Waals surface area contributed by atoms with Crippen LogP contribution in [-0.2, 0) is 11.3 Å². The molecule has 1 saturated heterocycles.